The number of halogens is 1. The molecular weight excluding hydrogens is 496 g/mol. The average molecular weight is 519 g/mol. The van der Waals surface area contributed by atoms with Gasteiger partial charge in [-0.15, -0.1) is 0 Å². The van der Waals surface area contributed by atoms with Crippen molar-refractivity contribution in [2.24, 2.45) is 0 Å². The maximum absolute atomic E-state index is 13.4. The Kier molecular flexibility index (Phi) is 6.29. The molecule has 2 aromatic heterocycles. The summed E-state index contributed by atoms with van der Waals surface area (Å²) in [4.78, 5) is 22.1. The second kappa shape index (κ2) is 9.25. The van der Waals surface area contributed by atoms with Gasteiger partial charge in [-0.3, -0.25) is 4.79 Å². The van der Waals surface area contributed by atoms with Crippen LogP contribution in [0.15, 0.2) is 33.7 Å². The van der Waals surface area contributed by atoms with E-state index in [4.69, 9.17) is 21.3 Å². The maximum Gasteiger partial charge on any atom is 0.310 e. The summed E-state index contributed by atoms with van der Waals surface area (Å²) in [6.45, 7) is 0.790. The highest BCUT2D eigenvalue weighted by molar-refractivity contribution is 7.89. The molecule has 3 aromatic rings. The van der Waals surface area contributed by atoms with Crippen molar-refractivity contribution in [3.05, 3.63) is 46.6 Å². The zero-order chi connectivity index (χ0) is 24.7. The molecule has 184 valence electrons. The normalized spacial score (nSPS) is 19.6. The second-order valence-electron chi connectivity index (χ2n) is 8.60. The molecule has 5 rings (SSSR count). The highest BCUT2D eigenvalue weighted by Crippen LogP contribution is 2.28. The molecule has 1 saturated heterocycles. The van der Waals surface area contributed by atoms with Crippen molar-refractivity contribution in [2.45, 2.75) is 36.9 Å². The molecule has 11 nitrogen and oxygen atoms in total. The van der Waals surface area contributed by atoms with Gasteiger partial charge in [0.15, 0.2) is 0 Å². The molecule has 1 unspecified atom stereocenters. The van der Waals surface area contributed by atoms with E-state index in [2.05, 4.69) is 16.0 Å². The third-order valence-corrected chi connectivity index (χ3v) is 8.39. The van der Waals surface area contributed by atoms with Crippen LogP contribution in [0.5, 0.6) is 0 Å². The van der Waals surface area contributed by atoms with Crippen LogP contribution in [-0.4, -0.2) is 76.0 Å². The molecule has 1 aromatic carbocycles. The van der Waals surface area contributed by atoms with Crippen LogP contribution in [0.1, 0.15) is 35.0 Å². The number of carbonyl (C=O) groups is 1. The van der Waals surface area contributed by atoms with Gasteiger partial charge in [-0.05, 0) is 30.7 Å². The van der Waals surface area contributed by atoms with Gasteiger partial charge in [0.25, 0.3) is 15.9 Å². The fraction of sp³-hybridized carbons (Fsp3) is 0.409. The summed E-state index contributed by atoms with van der Waals surface area (Å²) >= 11 is 6.03. The van der Waals surface area contributed by atoms with Crippen LogP contribution in [0, 0.1) is 11.3 Å². The summed E-state index contributed by atoms with van der Waals surface area (Å²) in [5, 5.41) is 21.1. The molecule has 35 heavy (non-hydrogen) atoms. The van der Waals surface area contributed by atoms with E-state index in [-0.39, 0.29) is 43.5 Å². The van der Waals surface area contributed by atoms with Crippen LogP contribution in [0.2, 0.25) is 5.02 Å². The Labute approximate surface area is 206 Å². The van der Waals surface area contributed by atoms with Crippen molar-refractivity contribution < 1.29 is 22.8 Å². The van der Waals surface area contributed by atoms with Crippen LogP contribution in [0.25, 0.3) is 10.9 Å². The van der Waals surface area contributed by atoms with Crippen molar-refractivity contribution in [1.29, 1.82) is 5.26 Å². The number of carbonyl (C=O) groups excluding carboxylic acids is 1. The van der Waals surface area contributed by atoms with E-state index in [1.807, 2.05) is 0 Å². The SMILES string of the molecule is N#CCCC1CN(S(=O)(=O)c2cc3cc(Cl)ccc3[nH]2)CCN1C(=O)c1nc2c(o1)CN(O)CC2. The summed E-state index contributed by atoms with van der Waals surface area (Å²) < 4.78 is 33.8. The number of aromatic nitrogens is 2. The van der Waals surface area contributed by atoms with Gasteiger partial charge >= 0.3 is 5.91 Å². The Bertz CT molecular complexity index is 1430. The zero-order valence-corrected chi connectivity index (χ0v) is 20.2. The Morgan fingerprint density at radius 1 is 1.31 bits per heavy atom. The largest absolute Gasteiger partial charge is 0.436 e. The van der Waals surface area contributed by atoms with Gasteiger partial charge in [-0.25, -0.2) is 13.4 Å². The third-order valence-electron chi connectivity index (χ3n) is 6.37. The van der Waals surface area contributed by atoms with Crippen LogP contribution in [-0.2, 0) is 23.0 Å². The van der Waals surface area contributed by atoms with Crippen molar-refractivity contribution in [1.82, 2.24) is 24.2 Å². The number of nitriles is 1. The van der Waals surface area contributed by atoms with E-state index in [0.29, 0.717) is 46.8 Å². The maximum atomic E-state index is 13.4. The fourth-order valence-corrected chi connectivity index (χ4v) is 6.21. The standard InChI is InChI=1S/C22H23ClN6O5S/c23-15-3-4-17-14(10-15)11-20(25-17)35(32,33)28-8-9-29(16(12-28)2-1-6-24)22(30)21-26-18-5-7-27(31)13-19(18)34-21/h3-4,10-11,16,25,31H,1-2,5,7-9,12-13H2. The van der Waals surface area contributed by atoms with E-state index in [1.165, 1.54) is 9.21 Å². The number of sulfonamides is 1. The van der Waals surface area contributed by atoms with Crippen molar-refractivity contribution in [2.75, 3.05) is 26.2 Å². The van der Waals surface area contributed by atoms with Gasteiger partial charge in [0.2, 0.25) is 0 Å². The summed E-state index contributed by atoms with van der Waals surface area (Å²) in [7, 11) is -3.88. The van der Waals surface area contributed by atoms with E-state index in [0.717, 1.165) is 5.06 Å². The summed E-state index contributed by atoms with van der Waals surface area (Å²) in [6.07, 6.45) is 0.929. The van der Waals surface area contributed by atoms with Crippen molar-refractivity contribution in [3.8, 4) is 6.07 Å². The lowest BCUT2D eigenvalue weighted by Gasteiger charge is -2.39. The first-order valence-electron chi connectivity index (χ1n) is 11.1. The smallest absolute Gasteiger partial charge is 0.310 e. The van der Waals surface area contributed by atoms with Gasteiger partial charge in [0, 0.05) is 61.0 Å². The molecule has 2 aliphatic heterocycles. The first-order valence-corrected chi connectivity index (χ1v) is 13.0. The highest BCUT2D eigenvalue weighted by atomic mass is 35.5. The van der Waals surface area contributed by atoms with E-state index in [9.17, 15) is 18.4 Å². The second-order valence-corrected chi connectivity index (χ2v) is 10.9. The Hall–Kier alpha value is -2.95. The molecule has 4 heterocycles. The minimum atomic E-state index is -3.88. The van der Waals surface area contributed by atoms with Gasteiger partial charge in [0.05, 0.1) is 18.3 Å². The lowest BCUT2D eigenvalue weighted by Crippen LogP contribution is -2.56. The first kappa shape index (κ1) is 23.8. The molecule has 2 N–H and O–H groups in total. The molecule has 0 bridgehead atoms. The Morgan fingerprint density at radius 2 is 2.14 bits per heavy atom. The predicted molar refractivity (Wildman–Crippen MR) is 124 cm³/mol. The number of hydrogen-bond donors (Lipinski definition) is 2. The topological polar surface area (TPSA) is 147 Å². The van der Waals surface area contributed by atoms with E-state index >= 15 is 0 Å². The molecule has 1 fully saturated rings. The lowest BCUT2D eigenvalue weighted by molar-refractivity contribution is -0.108. The number of H-pyrrole nitrogens is 1. The lowest BCUT2D eigenvalue weighted by atomic mass is 10.1. The third kappa shape index (κ3) is 4.53. The number of rotatable bonds is 5. The van der Waals surface area contributed by atoms with Crippen LogP contribution in [0.3, 0.4) is 0 Å². The van der Waals surface area contributed by atoms with E-state index in [1.54, 1.807) is 24.3 Å². The number of nitrogens with zero attached hydrogens (tertiary/aromatic N) is 5. The number of fused-ring (bicyclic) bond motifs is 2. The summed E-state index contributed by atoms with van der Waals surface area (Å²) in [6, 6.07) is 8.17. The summed E-state index contributed by atoms with van der Waals surface area (Å²) in [5.41, 5.74) is 1.28. The van der Waals surface area contributed by atoms with Gasteiger partial charge in [-0.1, -0.05) is 11.6 Å². The number of hydroxylamine groups is 2. The highest BCUT2D eigenvalue weighted by Gasteiger charge is 2.39. The minimum absolute atomic E-state index is 0.0384. The number of amides is 1. The molecule has 1 amide bonds. The molecule has 1 atom stereocenters. The molecule has 0 aliphatic carbocycles. The fourth-order valence-electron chi connectivity index (χ4n) is 4.54. The number of aromatic amines is 1. The van der Waals surface area contributed by atoms with Crippen LogP contribution in [0.4, 0.5) is 0 Å². The predicted octanol–water partition coefficient (Wildman–Crippen LogP) is 2.38. The van der Waals surface area contributed by atoms with Gasteiger partial charge < -0.3 is 19.5 Å². The van der Waals surface area contributed by atoms with Gasteiger partial charge in [-0.2, -0.15) is 14.6 Å². The molecule has 0 saturated carbocycles. The van der Waals surface area contributed by atoms with Crippen molar-refractivity contribution >= 4 is 38.4 Å². The molecular formula is C22H23ClN6O5S. The number of hydrogen-bond acceptors (Lipinski definition) is 8. The van der Waals surface area contributed by atoms with Crippen molar-refractivity contribution in [3.63, 3.8) is 0 Å². The Morgan fingerprint density at radius 3 is 2.94 bits per heavy atom. The van der Waals surface area contributed by atoms with Crippen LogP contribution < -0.4 is 0 Å². The first-order chi connectivity index (χ1) is 16.8. The number of oxazole rings is 1. The molecule has 13 heteroatoms. The Balaban J connectivity index is 1.38. The van der Waals surface area contributed by atoms with E-state index < -0.39 is 22.0 Å². The summed E-state index contributed by atoms with van der Waals surface area (Å²) in [5.74, 6) is -0.101. The average Bonchev–Trinajstić information content (AvgIpc) is 3.46. The van der Waals surface area contributed by atoms with Gasteiger partial charge in [0.1, 0.15) is 10.8 Å². The molecule has 0 spiro atoms. The number of piperazine rings is 1. The number of nitrogens with one attached hydrogen (secondary N) is 1. The van der Waals surface area contributed by atoms with Crippen LogP contribution >= 0.6 is 11.6 Å². The molecule has 0 radical (unpaired) electrons. The molecule has 2 aliphatic rings. The monoisotopic (exact) mass is 518 g/mol. The minimum Gasteiger partial charge on any atom is -0.436 e. The number of benzene rings is 1. The quantitative estimate of drug-likeness (QED) is 0.523. The zero-order valence-electron chi connectivity index (χ0n) is 18.6.